The van der Waals surface area contributed by atoms with E-state index in [9.17, 15) is 13.2 Å². The van der Waals surface area contributed by atoms with E-state index in [2.05, 4.69) is 5.32 Å². The van der Waals surface area contributed by atoms with Gasteiger partial charge < -0.3 is 10.1 Å². The molecule has 3 atom stereocenters. The molecule has 1 aromatic rings. The van der Waals surface area contributed by atoms with Crippen molar-refractivity contribution < 1.29 is 17.9 Å². The Morgan fingerprint density at radius 2 is 2.00 bits per heavy atom. The average Bonchev–Trinajstić information content (AvgIpc) is 2.45. The quantitative estimate of drug-likeness (QED) is 0.838. The van der Waals surface area contributed by atoms with Gasteiger partial charge in [-0.2, -0.15) is 13.2 Å². The molecule has 3 rings (SSSR count). The molecule has 1 saturated carbocycles. The van der Waals surface area contributed by atoms with Gasteiger partial charge >= 0.3 is 6.18 Å². The maximum absolute atomic E-state index is 13.1. The number of para-hydroxylation sites is 1. The van der Waals surface area contributed by atoms with Gasteiger partial charge in [-0.15, -0.1) is 0 Å². The molecule has 2 nitrogen and oxygen atoms in total. The van der Waals surface area contributed by atoms with Crippen molar-refractivity contribution in [1.29, 1.82) is 0 Å². The fourth-order valence-electron chi connectivity index (χ4n) is 3.76. The van der Waals surface area contributed by atoms with E-state index in [0.29, 0.717) is 19.3 Å². The van der Waals surface area contributed by atoms with Crippen molar-refractivity contribution in [2.45, 2.75) is 49.9 Å². The minimum absolute atomic E-state index is 0.0573. The number of rotatable bonds is 1. The topological polar surface area (TPSA) is 21.3 Å². The summed E-state index contributed by atoms with van der Waals surface area (Å²) in [5, 5.41) is 3.22. The van der Waals surface area contributed by atoms with E-state index < -0.39 is 17.7 Å². The maximum Gasteiger partial charge on any atom is 0.391 e. The van der Waals surface area contributed by atoms with Gasteiger partial charge in [0.2, 0.25) is 0 Å². The molecule has 1 heterocycles. The lowest BCUT2D eigenvalue weighted by Gasteiger charge is -2.46. The van der Waals surface area contributed by atoms with E-state index >= 15 is 0 Å². The molecule has 0 bridgehead atoms. The maximum atomic E-state index is 13.1. The molecule has 1 fully saturated rings. The minimum atomic E-state index is -4.12. The number of nitrogens with one attached hydrogen (secondary N) is 1. The summed E-state index contributed by atoms with van der Waals surface area (Å²) in [7, 11) is 1.85. The van der Waals surface area contributed by atoms with Gasteiger partial charge in [-0.05, 0) is 38.8 Å². The highest BCUT2D eigenvalue weighted by atomic mass is 19.4. The van der Waals surface area contributed by atoms with Gasteiger partial charge in [0, 0.05) is 18.0 Å². The van der Waals surface area contributed by atoms with Crippen LogP contribution in [0.25, 0.3) is 0 Å². The third-order valence-electron chi connectivity index (χ3n) is 4.81. The lowest BCUT2D eigenvalue weighted by Crippen LogP contribution is -2.49. The van der Waals surface area contributed by atoms with Crippen LogP contribution in [0.3, 0.4) is 0 Å². The zero-order chi connectivity index (χ0) is 15.1. The van der Waals surface area contributed by atoms with Crippen LogP contribution in [-0.4, -0.2) is 18.8 Å². The SMILES string of the molecule is CNC1CC2(CCCC(C(F)(F)F)C2)Oc2ccccc21. The summed E-state index contributed by atoms with van der Waals surface area (Å²) in [6.45, 7) is 0. The zero-order valence-electron chi connectivity index (χ0n) is 12.0. The highest BCUT2D eigenvalue weighted by Gasteiger charge is 2.51. The molecule has 0 aromatic heterocycles. The van der Waals surface area contributed by atoms with Crippen molar-refractivity contribution >= 4 is 0 Å². The van der Waals surface area contributed by atoms with Crippen molar-refractivity contribution in [2.75, 3.05) is 7.05 Å². The first kappa shape index (κ1) is 14.7. The Labute approximate surface area is 122 Å². The Balaban J connectivity index is 1.89. The van der Waals surface area contributed by atoms with Gasteiger partial charge in [0.05, 0.1) is 5.92 Å². The van der Waals surface area contributed by atoms with Crippen LogP contribution >= 0.6 is 0 Å². The summed E-state index contributed by atoms with van der Waals surface area (Å²) in [6.07, 6.45) is -1.95. The number of ether oxygens (including phenoxy) is 1. The smallest absolute Gasteiger partial charge is 0.391 e. The highest BCUT2D eigenvalue weighted by Crippen LogP contribution is 2.50. The second-order valence-corrected chi connectivity index (χ2v) is 6.20. The van der Waals surface area contributed by atoms with E-state index in [0.717, 1.165) is 11.3 Å². The molecular formula is C16H20F3NO. The monoisotopic (exact) mass is 299 g/mol. The Bertz CT molecular complexity index is 516. The van der Waals surface area contributed by atoms with E-state index in [1.807, 2.05) is 31.3 Å². The van der Waals surface area contributed by atoms with Crippen molar-refractivity contribution in [2.24, 2.45) is 5.92 Å². The lowest BCUT2D eigenvalue weighted by molar-refractivity contribution is -0.199. The zero-order valence-corrected chi connectivity index (χ0v) is 12.0. The summed E-state index contributed by atoms with van der Waals surface area (Å²) >= 11 is 0. The molecule has 0 saturated heterocycles. The molecule has 2 aliphatic rings. The Kier molecular flexibility index (Phi) is 3.64. The van der Waals surface area contributed by atoms with Crippen LogP contribution in [0.15, 0.2) is 24.3 Å². The number of fused-ring (bicyclic) bond motifs is 1. The molecule has 1 aliphatic carbocycles. The van der Waals surface area contributed by atoms with Crippen molar-refractivity contribution in [3.05, 3.63) is 29.8 Å². The second kappa shape index (κ2) is 5.20. The van der Waals surface area contributed by atoms with Crippen LogP contribution in [-0.2, 0) is 0 Å². The Morgan fingerprint density at radius 1 is 1.24 bits per heavy atom. The summed E-state index contributed by atoms with van der Waals surface area (Å²) in [4.78, 5) is 0. The van der Waals surface area contributed by atoms with Gasteiger partial charge in [0.1, 0.15) is 11.4 Å². The van der Waals surface area contributed by atoms with Crippen LogP contribution in [0.1, 0.15) is 43.7 Å². The summed E-state index contributed by atoms with van der Waals surface area (Å²) in [5.74, 6) is -0.514. The molecule has 1 aromatic carbocycles. The molecule has 0 radical (unpaired) electrons. The van der Waals surface area contributed by atoms with Crippen molar-refractivity contribution in [1.82, 2.24) is 5.32 Å². The molecule has 1 spiro atoms. The number of benzene rings is 1. The average molecular weight is 299 g/mol. The van der Waals surface area contributed by atoms with Gasteiger partial charge in [-0.1, -0.05) is 18.2 Å². The van der Waals surface area contributed by atoms with Crippen LogP contribution in [0, 0.1) is 5.92 Å². The minimum Gasteiger partial charge on any atom is -0.487 e. The largest absolute Gasteiger partial charge is 0.487 e. The Hall–Kier alpha value is -1.23. The molecule has 0 amide bonds. The van der Waals surface area contributed by atoms with E-state index in [1.54, 1.807) is 0 Å². The summed E-state index contributed by atoms with van der Waals surface area (Å²) < 4.78 is 45.3. The van der Waals surface area contributed by atoms with E-state index in [-0.39, 0.29) is 18.9 Å². The standard InChI is InChI=1S/C16H20F3NO/c1-20-13-10-15(21-14-7-3-2-6-12(13)14)8-4-5-11(9-15)16(17,18)19/h2-3,6-7,11,13,20H,4-5,8-10H2,1H3. The molecule has 3 unspecified atom stereocenters. The summed E-state index contributed by atoms with van der Waals surface area (Å²) in [5.41, 5.74) is 0.361. The van der Waals surface area contributed by atoms with Crippen LogP contribution in [0.5, 0.6) is 5.75 Å². The fraction of sp³-hybridized carbons (Fsp3) is 0.625. The van der Waals surface area contributed by atoms with Gasteiger partial charge in [0.25, 0.3) is 0 Å². The predicted octanol–water partition coefficient (Wildman–Crippen LogP) is 4.22. The van der Waals surface area contributed by atoms with Gasteiger partial charge in [-0.3, -0.25) is 0 Å². The second-order valence-electron chi connectivity index (χ2n) is 6.20. The first-order chi connectivity index (χ1) is 9.93. The van der Waals surface area contributed by atoms with Gasteiger partial charge in [-0.25, -0.2) is 0 Å². The molecular weight excluding hydrogens is 279 g/mol. The third kappa shape index (κ3) is 2.76. The lowest BCUT2D eigenvalue weighted by atomic mass is 9.72. The first-order valence-electron chi connectivity index (χ1n) is 7.45. The van der Waals surface area contributed by atoms with E-state index in [1.165, 1.54) is 0 Å². The predicted molar refractivity (Wildman–Crippen MR) is 74.2 cm³/mol. The molecule has 1 N–H and O–H groups in total. The van der Waals surface area contributed by atoms with Crippen molar-refractivity contribution in [3.8, 4) is 5.75 Å². The Morgan fingerprint density at radius 3 is 2.71 bits per heavy atom. The van der Waals surface area contributed by atoms with Crippen molar-refractivity contribution in [3.63, 3.8) is 0 Å². The van der Waals surface area contributed by atoms with Crippen LogP contribution < -0.4 is 10.1 Å². The molecule has 5 heteroatoms. The number of hydrogen-bond acceptors (Lipinski definition) is 2. The normalized spacial score (nSPS) is 32.6. The third-order valence-corrected chi connectivity index (χ3v) is 4.81. The van der Waals surface area contributed by atoms with Crippen LogP contribution in [0.2, 0.25) is 0 Å². The first-order valence-corrected chi connectivity index (χ1v) is 7.45. The number of halogens is 3. The summed E-state index contributed by atoms with van der Waals surface area (Å²) in [6, 6.07) is 7.70. The van der Waals surface area contributed by atoms with E-state index in [4.69, 9.17) is 4.74 Å². The molecule has 116 valence electrons. The highest BCUT2D eigenvalue weighted by molar-refractivity contribution is 5.39. The fourth-order valence-corrected chi connectivity index (χ4v) is 3.76. The number of alkyl halides is 3. The van der Waals surface area contributed by atoms with Gasteiger partial charge in [0.15, 0.2) is 0 Å². The molecule has 21 heavy (non-hydrogen) atoms. The number of hydrogen-bond donors (Lipinski definition) is 1. The molecule has 1 aliphatic heterocycles. The van der Waals surface area contributed by atoms with Crippen LogP contribution in [0.4, 0.5) is 13.2 Å².